The van der Waals surface area contributed by atoms with Crippen LogP contribution < -0.4 is 10.5 Å². The van der Waals surface area contributed by atoms with Gasteiger partial charge in [-0.3, -0.25) is 0 Å². The summed E-state index contributed by atoms with van der Waals surface area (Å²) in [6, 6.07) is 7.98. The largest absolute Gasteiger partial charge is 0.487 e. The zero-order chi connectivity index (χ0) is 13.7. The molecule has 102 valence electrons. The minimum atomic E-state index is 0.0594. The van der Waals surface area contributed by atoms with Gasteiger partial charge in [-0.15, -0.1) is 11.3 Å². The van der Waals surface area contributed by atoms with E-state index in [1.807, 2.05) is 31.2 Å². The number of aryl methyl sites for hydroxylation is 1. The van der Waals surface area contributed by atoms with Crippen molar-refractivity contribution in [3.05, 3.63) is 45.9 Å². The topological polar surface area (TPSA) is 48.1 Å². The Morgan fingerprint density at radius 1 is 1.32 bits per heavy atom. The van der Waals surface area contributed by atoms with E-state index in [0.717, 1.165) is 29.8 Å². The normalized spacial score (nSPS) is 12.4. The van der Waals surface area contributed by atoms with Crippen LogP contribution in [0.2, 0.25) is 0 Å². The molecule has 0 saturated heterocycles. The standard InChI is InChI=1S/C15H20N2OS/c1-3-4-15-17-13(10-19-15)9-18-14-7-5-12(6-8-14)11(2)16/h5-8,10-11H,3-4,9,16H2,1-2H3/t11-/m1/s1. The van der Waals surface area contributed by atoms with Crippen LogP contribution in [0.1, 0.15) is 42.6 Å². The van der Waals surface area contributed by atoms with E-state index in [9.17, 15) is 0 Å². The molecule has 0 unspecified atom stereocenters. The highest BCUT2D eigenvalue weighted by Crippen LogP contribution is 2.18. The lowest BCUT2D eigenvalue weighted by Crippen LogP contribution is -2.04. The van der Waals surface area contributed by atoms with Crippen molar-refractivity contribution < 1.29 is 4.74 Å². The van der Waals surface area contributed by atoms with Crippen LogP contribution in [0.4, 0.5) is 0 Å². The zero-order valence-corrected chi connectivity index (χ0v) is 12.2. The smallest absolute Gasteiger partial charge is 0.131 e. The molecule has 1 atom stereocenters. The van der Waals surface area contributed by atoms with Crippen molar-refractivity contribution in [2.24, 2.45) is 5.73 Å². The van der Waals surface area contributed by atoms with Crippen molar-refractivity contribution in [1.82, 2.24) is 4.98 Å². The third kappa shape index (κ3) is 4.04. The predicted octanol–water partition coefficient (Wildman–Crippen LogP) is 3.69. The van der Waals surface area contributed by atoms with E-state index in [1.54, 1.807) is 11.3 Å². The van der Waals surface area contributed by atoms with E-state index in [1.165, 1.54) is 5.01 Å². The first-order valence-corrected chi connectivity index (χ1v) is 7.48. The minimum absolute atomic E-state index is 0.0594. The summed E-state index contributed by atoms with van der Waals surface area (Å²) in [7, 11) is 0. The SMILES string of the molecule is CCCc1nc(COc2ccc([C@@H](C)N)cc2)cs1. The maximum Gasteiger partial charge on any atom is 0.131 e. The molecule has 1 aromatic heterocycles. The molecular formula is C15H20N2OS. The van der Waals surface area contributed by atoms with Gasteiger partial charge in [0.1, 0.15) is 12.4 Å². The summed E-state index contributed by atoms with van der Waals surface area (Å²) < 4.78 is 5.72. The fourth-order valence-corrected chi connectivity index (χ4v) is 2.65. The Morgan fingerprint density at radius 3 is 2.68 bits per heavy atom. The van der Waals surface area contributed by atoms with Crippen LogP contribution in [-0.4, -0.2) is 4.98 Å². The van der Waals surface area contributed by atoms with Gasteiger partial charge in [0.25, 0.3) is 0 Å². The maximum atomic E-state index is 5.81. The Balaban J connectivity index is 1.90. The molecular weight excluding hydrogens is 256 g/mol. The second-order valence-corrected chi connectivity index (χ2v) is 5.57. The molecule has 0 aliphatic rings. The fraction of sp³-hybridized carbons (Fsp3) is 0.400. The molecule has 0 aliphatic heterocycles. The van der Waals surface area contributed by atoms with Gasteiger partial charge in [-0.1, -0.05) is 19.1 Å². The Morgan fingerprint density at radius 2 is 2.05 bits per heavy atom. The number of rotatable bonds is 6. The number of thiazole rings is 1. The van der Waals surface area contributed by atoms with Crippen LogP contribution >= 0.6 is 11.3 Å². The second kappa shape index (κ2) is 6.68. The first-order valence-electron chi connectivity index (χ1n) is 6.60. The summed E-state index contributed by atoms with van der Waals surface area (Å²) in [6.07, 6.45) is 2.18. The Bertz CT molecular complexity index is 505. The van der Waals surface area contributed by atoms with Crippen LogP contribution in [0.5, 0.6) is 5.75 Å². The summed E-state index contributed by atoms with van der Waals surface area (Å²) in [5.74, 6) is 0.856. The monoisotopic (exact) mass is 276 g/mol. The van der Waals surface area contributed by atoms with Gasteiger partial charge in [-0.05, 0) is 37.5 Å². The van der Waals surface area contributed by atoms with Gasteiger partial charge in [-0.25, -0.2) is 4.98 Å². The number of nitrogens with zero attached hydrogens (tertiary/aromatic N) is 1. The molecule has 0 fully saturated rings. The van der Waals surface area contributed by atoms with Crippen molar-refractivity contribution in [3.63, 3.8) is 0 Å². The first-order chi connectivity index (χ1) is 9.19. The van der Waals surface area contributed by atoms with Crippen molar-refractivity contribution in [2.75, 3.05) is 0 Å². The van der Waals surface area contributed by atoms with Gasteiger partial charge in [0.05, 0.1) is 10.7 Å². The number of ether oxygens (including phenoxy) is 1. The average molecular weight is 276 g/mol. The Labute approximate surface area is 118 Å². The lowest BCUT2D eigenvalue weighted by atomic mass is 10.1. The molecule has 1 aromatic carbocycles. The quantitative estimate of drug-likeness (QED) is 0.875. The van der Waals surface area contributed by atoms with E-state index >= 15 is 0 Å². The molecule has 2 rings (SSSR count). The molecule has 0 aliphatic carbocycles. The second-order valence-electron chi connectivity index (χ2n) is 4.63. The van der Waals surface area contributed by atoms with Crippen LogP contribution in [0, 0.1) is 0 Å². The van der Waals surface area contributed by atoms with Crippen LogP contribution in [0.15, 0.2) is 29.6 Å². The molecule has 19 heavy (non-hydrogen) atoms. The molecule has 3 nitrogen and oxygen atoms in total. The molecule has 2 aromatic rings. The number of hydrogen-bond donors (Lipinski definition) is 1. The zero-order valence-electron chi connectivity index (χ0n) is 11.4. The molecule has 0 saturated carbocycles. The van der Waals surface area contributed by atoms with E-state index in [2.05, 4.69) is 17.3 Å². The maximum absolute atomic E-state index is 5.81. The summed E-state index contributed by atoms with van der Waals surface area (Å²) in [4.78, 5) is 4.53. The predicted molar refractivity (Wildman–Crippen MR) is 79.5 cm³/mol. The number of hydrogen-bond acceptors (Lipinski definition) is 4. The summed E-state index contributed by atoms with van der Waals surface area (Å²) in [5, 5.41) is 3.26. The Kier molecular flexibility index (Phi) is 4.93. The Hall–Kier alpha value is -1.39. The van der Waals surface area contributed by atoms with Crippen LogP contribution in [0.25, 0.3) is 0 Å². The third-order valence-corrected chi connectivity index (χ3v) is 3.81. The van der Waals surface area contributed by atoms with E-state index in [-0.39, 0.29) is 6.04 Å². The minimum Gasteiger partial charge on any atom is -0.487 e. The van der Waals surface area contributed by atoms with Crippen LogP contribution in [-0.2, 0) is 13.0 Å². The highest BCUT2D eigenvalue weighted by atomic mass is 32.1. The first kappa shape index (κ1) is 14.0. The molecule has 1 heterocycles. The highest BCUT2D eigenvalue weighted by molar-refractivity contribution is 7.09. The molecule has 0 amide bonds. The van der Waals surface area contributed by atoms with Crippen LogP contribution in [0.3, 0.4) is 0 Å². The van der Waals surface area contributed by atoms with E-state index in [0.29, 0.717) is 6.61 Å². The molecule has 0 spiro atoms. The van der Waals surface area contributed by atoms with Crippen molar-refractivity contribution >= 4 is 11.3 Å². The summed E-state index contributed by atoms with van der Waals surface area (Å²) in [5.41, 5.74) is 7.93. The van der Waals surface area contributed by atoms with Crippen molar-refractivity contribution in [3.8, 4) is 5.75 Å². The van der Waals surface area contributed by atoms with Gasteiger partial charge >= 0.3 is 0 Å². The van der Waals surface area contributed by atoms with Gasteiger partial charge in [0.2, 0.25) is 0 Å². The third-order valence-electron chi connectivity index (χ3n) is 2.86. The van der Waals surface area contributed by atoms with Gasteiger partial charge in [0.15, 0.2) is 0 Å². The highest BCUT2D eigenvalue weighted by Gasteiger charge is 2.03. The summed E-state index contributed by atoms with van der Waals surface area (Å²) >= 11 is 1.71. The molecule has 2 N–H and O–H groups in total. The average Bonchev–Trinajstić information content (AvgIpc) is 2.85. The van der Waals surface area contributed by atoms with Gasteiger partial charge < -0.3 is 10.5 Å². The lowest BCUT2D eigenvalue weighted by Gasteiger charge is -2.08. The molecule has 0 radical (unpaired) electrons. The fourth-order valence-electron chi connectivity index (χ4n) is 1.77. The number of nitrogens with two attached hydrogens (primary N) is 1. The summed E-state index contributed by atoms with van der Waals surface area (Å²) in [6.45, 7) is 4.66. The van der Waals surface area contributed by atoms with E-state index < -0.39 is 0 Å². The van der Waals surface area contributed by atoms with Crippen molar-refractivity contribution in [2.45, 2.75) is 39.3 Å². The number of benzene rings is 1. The van der Waals surface area contributed by atoms with Crippen molar-refractivity contribution in [1.29, 1.82) is 0 Å². The van der Waals surface area contributed by atoms with E-state index in [4.69, 9.17) is 10.5 Å². The lowest BCUT2D eigenvalue weighted by molar-refractivity contribution is 0.302. The molecule has 0 bridgehead atoms. The molecule has 4 heteroatoms. The number of aromatic nitrogens is 1. The van der Waals surface area contributed by atoms with Gasteiger partial charge in [-0.2, -0.15) is 0 Å². The van der Waals surface area contributed by atoms with Gasteiger partial charge in [0, 0.05) is 11.4 Å².